The monoisotopic (exact) mass is 333 g/mol. The topological polar surface area (TPSA) is 78.9 Å². The van der Waals surface area contributed by atoms with Crippen LogP contribution in [0.1, 0.15) is 10.6 Å². The highest BCUT2D eigenvalue weighted by molar-refractivity contribution is 6.67. The number of hydrogen-bond donors (Lipinski definition) is 2. The molecular formula is C15H9Cl2N3O2. The Bertz CT molecular complexity index is 847. The van der Waals surface area contributed by atoms with Gasteiger partial charge in [-0.1, -0.05) is 17.7 Å². The third-order valence-electron chi connectivity index (χ3n) is 3.08. The number of aromatic hydroxyl groups is 1. The summed E-state index contributed by atoms with van der Waals surface area (Å²) < 4.78 is 0. The van der Waals surface area contributed by atoms with Crippen molar-refractivity contribution in [2.45, 2.75) is 0 Å². The molecule has 2 N–H and O–H groups in total. The van der Waals surface area contributed by atoms with Gasteiger partial charge in [0.1, 0.15) is 5.75 Å². The van der Waals surface area contributed by atoms with Crippen LogP contribution < -0.4 is 0 Å². The summed E-state index contributed by atoms with van der Waals surface area (Å²) in [5.41, 5.74) is 2.49. The second kappa shape index (κ2) is 5.79. The molecule has 3 rings (SSSR count). The summed E-state index contributed by atoms with van der Waals surface area (Å²) in [6.45, 7) is 0. The predicted molar refractivity (Wildman–Crippen MR) is 84.1 cm³/mol. The van der Waals surface area contributed by atoms with E-state index in [0.717, 1.165) is 5.56 Å². The van der Waals surface area contributed by atoms with Crippen LogP contribution in [0.4, 0.5) is 0 Å². The first kappa shape index (κ1) is 14.6. The molecule has 22 heavy (non-hydrogen) atoms. The number of nitrogens with one attached hydrogen (secondary N) is 1. The van der Waals surface area contributed by atoms with E-state index in [1.165, 1.54) is 6.07 Å². The van der Waals surface area contributed by atoms with E-state index in [1.807, 2.05) is 0 Å². The van der Waals surface area contributed by atoms with Crippen LogP contribution in [0.25, 0.3) is 22.5 Å². The molecule has 1 aromatic carbocycles. The largest absolute Gasteiger partial charge is 0.506 e. The number of carbonyl (C=O) groups excluding carboxylic acids is 1. The zero-order chi connectivity index (χ0) is 15.7. The van der Waals surface area contributed by atoms with Crippen molar-refractivity contribution in [3.05, 3.63) is 53.6 Å². The van der Waals surface area contributed by atoms with Crippen LogP contribution in [-0.2, 0) is 0 Å². The summed E-state index contributed by atoms with van der Waals surface area (Å²) in [5, 5.41) is 9.31. The summed E-state index contributed by atoms with van der Waals surface area (Å²) in [4.78, 5) is 22.4. The van der Waals surface area contributed by atoms with E-state index < -0.39 is 5.24 Å². The van der Waals surface area contributed by atoms with Crippen molar-refractivity contribution < 1.29 is 9.90 Å². The molecule has 0 saturated heterocycles. The maximum Gasteiger partial charge on any atom is 0.287 e. The van der Waals surface area contributed by atoms with E-state index in [2.05, 4.69) is 15.0 Å². The lowest BCUT2D eigenvalue weighted by molar-refractivity contribution is 0.107. The van der Waals surface area contributed by atoms with Crippen LogP contribution in [0.5, 0.6) is 5.75 Å². The Morgan fingerprint density at radius 1 is 1.14 bits per heavy atom. The van der Waals surface area contributed by atoms with E-state index in [1.54, 1.807) is 36.7 Å². The Morgan fingerprint density at radius 3 is 2.50 bits per heavy atom. The fourth-order valence-electron chi connectivity index (χ4n) is 2.06. The molecular weight excluding hydrogens is 325 g/mol. The Balaban J connectivity index is 2.21. The second-order valence-corrected chi connectivity index (χ2v) is 5.24. The SMILES string of the molecule is O=C(Cl)c1nc(-c2ccncc2)c(-c2ccc(Cl)c(O)c2)[nH]1. The number of hydrogen-bond acceptors (Lipinski definition) is 4. The number of aromatic amines is 1. The molecule has 0 saturated carbocycles. The van der Waals surface area contributed by atoms with Crippen LogP contribution in [0.15, 0.2) is 42.7 Å². The number of aromatic nitrogens is 3. The zero-order valence-electron chi connectivity index (χ0n) is 11.0. The molecule has 0 amide bonds. The van der Waals surface area contributed by atoms with Crippen LogP contribution in [-0.4, -0.2) is 25.3 Å². The molecule has 5 nitrogen and oxygen atoms in total. The number of benzene rings is 1. The molecule has 2 heterocycles. The van der Waals surface area contributed by atoms with Crippen LogP contribution >= 0.6 is 23.2 Å². The standard InChI is InChI=1S/C15H9Cl2N3O2/c16-10-2-1-9(7-11(10)21)13-12(8-3-5-18-6-4-8)19-15(20-13)14(17)22/h1-7,21H,(H,19,20). The van der Waals surface area contributed by atoms with Gasteiger partial charge in [0, 0.05) is 23.5 Å². The summed E-state index contributed by atoms with van der Waals surface area (Å²) in [6, 6.07) is 8.28. The molecule has 7 heteroatoms. The molecule has 0 spiro atoms. The minimum absolute atomic E-state index is 0.0259. The first-order valence-corrected chi connectivity index (χ1v) is 7.01. The number of carbonyl (C=O) groups is 1. The van der Waals surface area contributed by atoms with Crippen molar-refractivity contribution >= 4 is 28.4 Å². The third kappa shape index (κ3) is 2.68. The maximum atomic E-state index is 11.4. The molecule has 0 aliphatic heterocycles. The van der Waals surface area contributed by atoms with Gasteiger partial charge in [-0.3, -0.25) is 9.78 Å². The number of phenolic OH excluding ortho intramolecular Hbond substituents is 1. The fourth-order valence-corrected chi connectivity index (χ4v) is 2.27. The Morgan fingerprint density at radius 2 is 1.86 bits per heavy atom. The number of nitrogens with zero attached hydrogens (tertiary/aromatic N) is 2. The highest BCUT2D eigenvalue weighted by Crippen LogP contribution is 2.34. The van der Waals surface area contributed by atoms with Gasteiger partial charge < -0.3 is 10.1 Å². The number of halogens is 2. The van der Waals surface area contributed by atoms with Crippen LogP contribution in [0, 0.1) is 0 Å². The van der Waals surface area contributed by atoms with E-state index in [4.69, 9.17) is 23.2 Å². The van der Waals surface area contributed by atoms with Gasteiger partial charge in [-0.05, 0) is 35.9 Å². The molecule has 0 aliphatic rings. The van der Waals surface area contributed by atoms with Gasteiger partial charge in [-0.25, -0.2) is 4.98 Å². The zero-order valence-corrected chi connectivity index (χ0v) is 12.6. The first-order chi connectivity index (χ1) is 10.6. The number of imidazole rings is 1. The lowest BCUT2D eigenvalue weighted by Gasteiger charge is -2.04. The van der Waals surface area contributed by atoms with Crippen molar-refractivity contribution in [2.75, 3.05) is 0 Å². The Labute approximate surface area is 135 Å². The van der Waals surface area contributed by atoms with Gasteiger partial charge in [0.05, 0.1) is 16.4 Å². The lowest BCUT2D eigenvalue weighted by Crippen LogP contribution is -1.91. The summed E-state index contributed by atoms with van der Waals surface area (Å²) in [6.07, 6.45) is 3.24. The Hall–Kier alpha value is -2.37. The van der Waals surface area contributed by atoms with Gasteiger partial charge in [-0.15, -0.1) is 0 Å². The lowest BCUT2D eigenvalue weighted by atomic mass is 10.1. The van der Waals surface area contributed by atoms with Crippen molar-refractivity contribution in [2.24, 2.45) is 0 Å². The van der Waals surface area contributed by atoms with Gasteiger partial charge in [-0.2, -0.15) is 0 Å². The third-order valence-corrected chi connectivity index (χ3v) is 3.58. The quantitative estimate of drug-likeness (QED) is 0.713. The van der Waals surface area contributed by atoms with Crippen molar-refractivity contribution in [3.8, 4) is 28.3 Å². The molecule has 3 aromatic rings. The average Bonchev–Trinajstić information content (AvgIpc) is 2.96. The second-order valence-electron chi connectivity index (χ2n) is 4.48. The van der Waals surface area contributed by atoms with Crippen molar-refractivity contribution in [1.82, 2.24) is 15.0 Å². The van der Waals surface area contributed by atoms with Crippen molar-refractivity contribution in [3.63, 3.8) is 0 Å². The average molecular weight is 334 g/mol. The van der Waals surface area contributed by atoms with Gasteiger partial charge in [0.15, 0.2) is 5.82 Å². The predicted octanol–water partition coefficient (Wildman–Crippen LogP) is 3.88. The molecule has 0 atom stereocenters. The molecule has 0 bridgehead atoms. The summed E-state index contributed by atoms with van der Waals surface area (Å²) >= 11 is 11.3. The van der Waals surface area contributed by atoms with E-state index in [-0.39, 0.29) is 16.6 Å². The van der Waals surface area contributed by atoms with Gasteiger partial charge in [0.25, 0.3) is 5.24 Å². The molecule has 0 unspecified atom stereocenters. The number of rotatable bonds is 3. The first-order valence-electron chi connectivity index (χ1n) is 6.25. The molecule has 2 aromatic heterocycles. The van der Waals surface area contributed by atoms with Gasteiger partial charge in [0.2, 0.25) is 0 Å². The molecule has 0 radical (unpaired) electrons. The highest BCUT2D eigenvalue weighted by atomic mass is 35.5. The molecule has 0 fully saturated rings. The molecule has 110 valence electrons. The van der Waals surface area contributed by atoms with E-state index >= 15 is 0 Å². The number of pyridine rings is 1. The van der Waals surface area contributed by atoms with Crippen LogP contribution in [0.3, 0.4) is 0 Å². The van der Waals surface area contributed by atoms with E-state index in [0.29, 0.717) is 17.0 Å². The van der Waals surface area contributed by atoms with Gasteiger partial charge >= 0.3 is 0 Å². The number of phenols is 1. The number of H-pyrrole nitrogens is 1. The maximum absolute atomic E-state index is 11.4. The summed E-state index contributed by atoms with van der Waals surface area (Å²) in [5.74, 6) is -0.0360. The smallest absolute Gasteiger partial charge is 0.287 e. The van der Waals surface area contributed by atoms with E-state index in [9.17, 15) is 9.90 Å². The minimum Gasteiger partial charge on any atom is -0.506 e. The Kier molecular flexibility index (Phi) is 3.83. The minimum atomic E-state index is -0.695. The highest BCUT2D eigenvalue weighted by Gasteiger charge is 2.17. The fraction of sp³-hybridized carbons (Fsp3) is 0. The van der Waals surface area contributed by atoms with Crippen molar-refractivity contribution in [1.29, 1.82) is 0 Å². The summed E-state index contributed by atoms with van der Waals surface area (Å²) in [7, 11) is 0. The normalized spacial score (nSPS) is 10.6. The van der Waals surface area contributed by atoms with Crippen LogP contribution in [0.2, 0.25) is 5.02 Å². The molecule has 0 aliphatic carbocycles.